The third kappa shape index (κ3) is 4.08. The summed E-state index contributed by atoms with van der Waals surface area (Å²) >= 11 is 0. The van der Waals surface area contributed by atoms with Crippen LogP contribution in [-0.2, 0) is 16.4 Å². The fraction of sp³-hybridized carbons (Fsp3) is 0.286. The molecular formula is C14H13F5N4O3S. The predicted octanol–water partition coefficient (Wildman–Crippen LogP) is 1.27. The van der Waals surface area contributed by atoms with Crippen LogP contribution < -0.4 is 16.0 Å². The minimum atomic E-state index is -5.03. The SMILES string of the molecule is Cc1nc(N)[nH]c(=O)c1CCCNS(=O)(=O)c1c(F)c(F)c(F)c(F)c1F. The summed E-state index contributed by atoms with van der Waals surface area (Å²) in [6.07, 6.45) is -0.00177. The zero-order chi connectivity index (χ0) is 20.5. The van der Waals surface area contributed by atoms with Gasteiger partial charge >= 0.3 is 0 Å². The van der Waals surface area contributed by atoms with Crippen molar-refractivity contribution < 1.29 is 30.4 Å². The van der Waals surface area contributed by atoms with Gasteiger partial charge in [-0.25, -0.2) is 40.1 Å². The van der Waals surface area contributed by atoms with Gasteiger partial charge in [-0.3, -0.25) is 9.78 Å². The zero-order valence-corrected chi connectivity index (χ0v) is 14.5. The average molecular weight is 412 g/mol. The molecule has 0 bridgehead atoms. The molecule has 0 saturated heterocycles. The molecule has 1 aromatic heterocycles. The molecule has 0 saturated carbocycles. The largest absolute Gasteiger partial charge is 0.369 e. The van der Waals surface area contributed by atoms with Crippen molar-refractivity contribution in [1.29, 1.82) is 0 Å². The highest BCUT2D eigenvalue weighted by molar-refractivity contribution is 7.89. The van der Waals surface area contributed by atoms with Crippen LogP contribution in [0.25, 0.3) is 0 Å². The second-order valence-corrected chi connectivity index (χ2v) is 7.12. The molecule has 27 heavy (non-hydrogen) atoms. The highest BCUT2D eigenvalue weighted by atomic mass is 32.2. The monoisotopic (exact) mass is 412 g/mol. The number of aromatic nitrogens is 2. The quantitative estimate of drug-likeness (QED) is 0.286. The number of sulfonamides is 1. The van der Waals surface area contributed by atoms with Crippen molar-refractivity contribution in [3.05, 3.63) is 50.7 Å². The number of nitrogen functional groups attached to an aromatic ring is 1. The number of nitrogens with zero attached hydrogens (tertiary/aromatic N) is 1. The van der Waals surface area contributed by atoms with Gasteiger partial charge in [0.05, 0.1) is 0 Å². The fourth-order valence-electron chi connectivity index (χ4n) is 2.29. The van der Waals surface area contributed by atoms with Crippen LogP contribution in [-0.4, -0.2) is 24.9 Å². The first-order chi connectivity index (χ1) is 12.5. The molecule has 0 unspecified atom stereocenters. The molecule has 0 aliphatic heterocycles. The van der Waals surface area contributed by atoms with Gasteiger partial charge in [-0.2, -0.15) is 0 Å². The van der Waals surface area contributed by atoms with E-state index in [4.69, 9.17) is 5.73 Å². The summed E-state index contributed by atoms with van der Waals surface area (Å²) in [6, 6.07) is 0. The minimum absolute atomic E-state index is 0.0219. The number of rotatable bonds is 6. The van der Waals surface area contributed by atoms with Gasteiger partial charge in [-0.05, 0) is 19.8 Å². The molecule has 0 aliphatic carbocycles. The van der Waals surface area contributed by atoms with E-state index in [9.17, 15) is 35.2 Å². The standard InChI is InChI=1S/C14H13F5N4O3S/c1-5-6(13(24)23-14(20)22-5)3-2-4-21-27(25,26)12-10(18)8(16)7(15)9(17)11(12)19/h21H,2-4H2,1H3,(H3,20,22,23,24). The number of nitrogens with one attached hydrogen (secondary N) is 2. The number of aromatic amines is 1. The molecule has 1 aromatic carbocycles. The number of halogens is 5. The van der Waals surface area contributed by atoms with Crippen LogP contribution in [0.4, 0.5) is 27.9 Å². The van der Waals surface area contributed by atoms with Crippen LogP contribution in [0.1, 0.15) is 17.7 Å². The fourth-order valence-corrected chi connectivity index (χ4v) is 3.50. The molecule has 13 heteroatoms. The van der Waals surface area contributed by atoms with E-state index in [1.54, 1.807) is 4.72 Å². The third-order valence-corrected chi connectivity index (χ3v) is 5.05. The van der Waals surface area contributed by atoms with E-state index in [0.29, 0.717) is 5.69 Å². The number of hydrogen-bond donors (Lipinski definition) is 3. The third-order valence-electron chi connectivity index (χ3n) is 3.57. The Bertz CT molecular complexity index is 1030. The number of anilines is 1. The first-order valence-electron chi connectivity index (χ1n) is 7.33. The molecule has 7 nitrogen and oxygen atoms in total. The van der Waals surface area contributed by atoms with Crippen molar-refractivity contribution in [3.63, 3.8) is 0 Å². The van der Waals surface area contributed by atoms with E-state index >= 15 is 0 Å². The van der Waals surface area contributed by atoms with Crippen LogP contribution in [0.5, 0.6) is 0 Å². The van der Waals surface area contributed by atoms with E-state index in [1.807, 2.05) is 0 Å². The summed E-state index contributed by atoms with van der Waals surface area (Å²) in [5, 5.41) is 0. The van der Waals surface area contributed by atoms with E-state index in [1.165, 1.54) is 6.92 Å². The van der Waals surface area contributed by atoms with Gasteiger partial charge in [-0.1, -0.05) is 0 Å². The minimum Gasteiger partial charge on any atom is -0.369 e. The Morgan fingerprint density at radius 3 is 2.07 bits per heavy atom. The average Bonchev–Trinajstić information content (AvgIpc) is 2.56. The zero-order valence-electron chi connectivity index (χ0n) is 13.7. The lowest BCUT2D eigenvalue weighted by Crippen LogP contribution is -2.28. The first-order valence-corrected chi connectivity index (χ1v) is 8.82. The molecule has 0 atom stereocenters. The maximum atomic E-state index is 13.6. The van der Waals surface area contributed by atoms with Gasteiger partial charge in [0.1, 0.15) is 0 Å². The van der Waals surface area contributed by atoms with Gasteiger partial charge in [0, 0.05) is 17.8 Å². The molecule has 0 amide bonds. The van der Waals surface area contributed by atoms with E-state index in [2.05, 4.69) is 9.97 Å². The maximum absolute atomic E-state index is 13.6. The predicted molar refractivity (Wildman–Crippen MR) is 83.7 cm³/mol. The summed E-state index contributed by atoms with van der Waals surface area (Å²) in [5.41, 5.74) is 5.32. The second-order valence-electron chi connectivity index (χ2n) is 5.42. The Hall–Kier alpha value is -2.54. The smallest absolute Gasteiger partial charge is 0.255 e. The topological polar surface area (TPSA) is 118 Å². The van der Waals surface area contributed by atoms with Gasteiger partial charge in [0.2, 0.25) is 21.8 Å². The van der Waals surface area contributed by atoms with Crippen molar-refractivity contribution in [2.24, 2.45) is 0 Å². The molecule has 1 heterocycles. The summed E-state index contributed by atoms with van der Waals surface area (Å²) < 4.78 is 92.1. The Morgan fingerprint density at radius 2 is 1.56 bits per heavy atom. The lowest BCUT2D eigenvalue weighted by Gasteiger charge is -2.10. The molecule has 0 fully saturated rings. The van der Waals surface area contributed by atoms with Crippen molar-refractivity contribution in [1.82, 2.24) is 14.7 Å². The normalized spacial score (nSPS) is 11.8. The summed E-state index contributed by atoms with van der Waals surface area (Å²) in [6.45, 7) is 1.06. The van der Waals surface area contributed by atoms with Crippen LogP contribution >= 0.6 is 0 Å². The summed E-state index contributed by atoms with van der Waals surface area (Å²) in [4.78, 5) is 15.8. The van der Waals surface area contributed by atoms with E-state index in [-0.39, 0.29) is 24.4 Å². The number of benzene rings is 1. The Morgan fingerprint density at radius 1 is 1.04 bits per heavy atom. The van der Waals surface area contributed by atoms with Crippen LogP contribution in [0, 0.1) is 36.0 Å². The van der Waals surface area contributed by atoms with Gasteiger partial charge in [0.25, 0.3) is 5.56 Å². The second kappa shape index (κ2) is 7.60. The first kappa shape index (κ1) is 20.8. The molecule has 4 N–H and O–H groups in total. The number of hydrogen-bond acceptors (Lipinski definition) is 5. The number of nitrogens with two attached hydrogens (primary N) is 1. The van der Waals surface area contributed by atoms with Crippen LogP contribution in [0.15, 0.2) is 9.69 Å². The van der Waals surface area contributed by atoms with Crippen molar-refractivity contribution in [3.8, 4) is 0 Å². The summed E-state index contributed by atoms with van der Waals surface area (Å²) in [7, 11) is -5.03. The molecule has 0 radical (unpaired) electrons. The van der Waals surface area contributed by atoms with Crippen molar-refractivity contribution in [2.45, 2.75) is 24.7 Å². The lowest BCUT2D eigenvalue weighted by molar-refractivity contribution is 0.357. The Labute approximate surface area is 149 Å². The lowest BCUT2D eigenvalue weighted by atomic mass is 10.1. The van der Waals surface area contributed by atoms with Gasteiger partial charge < -0.3 is 5.73 Å². The summed E-state index contributed by atoms with van der Waals surface area (Å²) in [5.74, 6) is -12.2. The van der Waals surface area contributed by atoms with Gasteiger partial charge in [0.15, 0.2) is 28.2 Å². The number of aryl methyl sites for hydroxylation is 1. The molecule has 148 valence electrons. The van der Waals surface area contributed by atoms with E-state index in [0.717, 1.165) is 0 Å². The molecule has 0 aliphatic rings. The molecular weight excluding hydrogens is 399 g/mol. The van der Waals surface area contributed by atoms with Crippen LogP contribution in [0.2, 0.25) is 0 Å². The highest BCUT2D eigenvalue weighted by Gasteiger charge is 2.33. The Balaban J connectivity index is 2.17. The van der Waals surface area contributed by atoms with Gasteiger partial charge in [-0.15, -0.1) is 0 Å². The Kier molecular flexibility index (Phi) is 5.85. The van der Waals surface area contributed by atoms with E-state index < -0.39 is 56.1 Å². The van der Waals surface area contributed by atoms with Crippen LogP contribution in [0.3, 0.4) is 0 Å². The number of H-pyrrole nitrogens is 1. The molecule has 2 aromatic rings. The molecule has 0 spiro atoms. The highest BCUT2D eigenvalue weighted by Crippen LogP contribution is 2.26. The molecule has 2 rings (SSSR count). The van der Waals surface area contributed by atoms with Crippen molar-refractivity contribution in [2.75, 3.05) is 12.3 Å². The maximum Gasteiger partial charge on any atom is 0.255 e. The van der Waals surface area contributed by atoms with Crippen molar-refractivity contribution >= 4 is 16.0 Å².